The Labute approximate surface area is 120 Å². The second kappa shape index (κ2) is 8.14. The summed E-state index contributed by atoms with van der Waals surface area (Å²) in [7, 11) is -0.744. The summed E-state index contributed by atoms with van der Waals surface area (Å²) >= 11 is 6.11. The maximum atomic E-state index is 10.9. The molecule has 0 aliphatic heterocycles. The van der Waals surface area contributed by atoms with Crippen molar-refractivity contribution in [3.05, 3.63) is 34.3 Å². The van der Waals surface area contributed by atoms with Crippen molar-refractivity contribution in [1.29, 1.82) is 0 Å². The first-order chi connectivity index (χ1) is 9.04. The van der Waals surface area contributed by atoms with E-state index in [1.807, 2.05) is 6.07 Å². The number of oxime groups is 1. The van der Waals surface area contributed by atoms with Crippen LogP contribution in [-0.4, -0.2) is 33.8 Å². The smallest absolute Gasteiger partial charge is 0.170 e. The second-order valence-electron chi connectivity index (χ2n) is 4.10. The highest BCUT2D eigenvalue weighted by Gasteiger charge is 2.04. The molecule has 7 heteroatoms. The number of amidine groups is 1. The molecule has 1 aromatic carbocycles. The van der Waals surface area contributed by atoms with E-state index in [2.05, 4.69) is 10.5 Å². The zero-order chi connectivity index (χ0) is 14.3. The van der Waals surface area contributed by atoms with Gasteiger partial charge in [0.15, 0.2) is 5.84 Å². The van der Waals surface area contributed by atoms with E-state index in [-0.39, 0.29) is 5.84 Å². The molecule has 0 spiro atoms. The van der Waals surface area contributed by atoms with Crippen LogP contribution in [0.15, 0.2) is 23.4 Å². The van der Waals surface area contributed by atoms with Gasteiger partial charge in [-0.15, -0.1) is 0 Å². The Morgan fingerprint density at radius 3 is 2.89 bits per heavy atom. The lowest BCUT2D eigenvalue weighted by Crippen LogP contribution is -2.17. The fourth-order valence-electron chi connectivity index (χ4n) is 1.53. The summed E-state index contributed by atoms with van der Waals surface area (Å²) < 4.78 is 10.9. The summed E-state index contributed by atoms with van der Waals surface area (Å²) in [6.07, 6.45) is 2.56. The summed E-state index contributed by atoms with van der Waals surface area (Å²) in [5.41, 5.74) is 7.00. The van der Waals surface area contributed by atoms with Crippen LogP contribution in [0.5, 0.6) is 0 Å². The van der Waals surface area contributed by atoms with E-state index in [4.69, 9.17) is 22.5 Å². The quantitative estimate of drug-likeness (QED) is 0.233. The topological polar surface area (TPSA) is 87.7 Å². The molecule has 0 heterocycles. The van der Waals surface area contributed by atoms with E-state index in [0.29, 0.717) is 22.9 Å². The zero-order valence-electron chi connectivity index (χ0n) is 10.7. The van der Waals surface area contributed by atoms with Gasteiger partial charge in [-0.2, -0.15) is 0 Å². The van der Waals surface area contributed by atoms with Crippen molar-refractivity contribution in [2.24, 2.45) is 10.9 Å². The minimum Gasteiger partial charge on any atom is -0.409 e. The molecule has 1 atom stereocenters. The normalized spacial score (nSPS) is 13.5. The molecule has 4 N–H and O–H groups in total. The third kappa shape index (κ3) is 5.59. The summed E-state index contributed by atoms with van der Waals surface area (Å²) in [5.74, 6) is 0.732. The monoisotopic (exact) mass is 303 g/mol. The van der Waals surface area contributed by atoms with Gasteiger partial charge in [0, 0.05) is 39.9 Å². The molecule has 1 aromatic rings. The van der Waals surface area contributed by atoms with Crippen LogP contribution in [0.25, 0.3) is 0 Å². The highest BCUT2D eigenvalue weighted by atomic mass is 35.5. The molecule has 0 aromatic heterocycles. The summed E-state index contributed by atoms with van der Waals surface area (Å²) in [4.78, 5) is 0. The van der Waals surface area contributed by atoms with E-state index in [0.717, 1.165) is 18.5 Å². The van der Waals surface area contributed by atoms with Gasteiger partial charge in [0.25, 0.3) is 0 Å². The Kier molecular flexibility index (Phi) is 6.83. The van der Waals surface area contributed by atoms with Crippen LogP contribution in [0, 0.1) is 0 Å². The predicted octanol–water partition coefficient (Wildman–Crippen LogP) is 1.29. The first kappa shape index (κ1) is 15.9. The Morgan fingerprint density at radius 2 is 2.32 bits per heavy atom. The largest absolute Gasteiger partial charge is 0.409 e. The van der Waals surface area contributed by atoms with Gasteiger partial charge < -0.3 is 16.3 Å². The molecule has 1 unspecified atom stereocenters. The molecule has 106 valence electrons. The molecular weight excluding hydrogens is 286 g/mol. The number of hydrogen-bond donors (Lipinski definition) is 3. The van der Waals surface area contributed by atoms with Crippen LogP contribution >= 0.6 is 11.6 Å². The highest BCUT2D eigenvalue weighted by Crippen LogP contribution is 2.17. The van der Waals surface area contributed by atoms with E-state index in [1.54, 1.807) is 18.4 Å². The molecule has 0 aliphatic rings. The number of nitrogens with two attached hydrogens (primary N) is 1. The number of benzene rings is 1. The van der Waals surface area contributed by atoms with Crippen LogP contribution in [-0.2, 0) is 17.3 Å². The van der Waals surface area contributed by atoms with E-state index in [9.17, 15) is 4.21 Å². The van der Waals surface area contributed by atoms with E-state index < -0.39 is 10.8 Å². The van der Waals surface area contributed by atoms with Crippen molar-refractivity contribution >= 4 is 28.2 Å². The van der Waals surface area contributed by atoms with Gasteiger partial charge in [-0.25, -0.2) is 0 Å². The van der Waals surface area contributed by atoms with Crippen LogP contribution < -0.4 is 11.1 Å². The van der Waals surface area contributed by atoms with Gasteiger partial charge in [0.1, 0.15) is 0 Å². The first-order valence-electron chi connectivity index (χ1n) is 5.81. The van der Waals surface area contributed by atoms with Crippen molar-refractivity contribution in [2.75, 3.05) is 18.6 Å². The van der Waals surface area contributed by atoms with Crippen LogP contribution in [0.4, 0.5) is 0 Å². The molecule has 19 heavy (non-hydrogen) atoms. The van der Waals surface area contributed by atoms with Crippen LogP contribution in [0.3, 0.4) is 0 Å². The van der Waals surface area contributed by atoms with Gasteiger partial charge in [0.2, 0.25) is 0 Å². The average molecular weight is 304 g/mol. The fourth-order valence-corrected chi connectivity index (χ4v) is 2.33. The Morgan fingerprint density at radius 1 is 1.58 bits per heavy atom. The molecule has 0 bridgehead atoms. The molecule has 0 aliphatic carbocycles. The number of nitrogens with one attached hydrogen (secondary N) is 1. The average Bonchev–Trinajstić information content (AvgIpc) is 2.38. The van der Waals surface area contributed by atoms with Gasteiger partial charge >= 0.3 is 0 Å². The molecule has 0 amide bonds. The molecule has 0 saturated heterocycles. The minimum absolute atomic E-state index is 0.0341. The van der Waals surface area contributed by atoms with Crippen LogP contribution in [0.1, 0.15) is 17.5 Å². The van der Waals surface area contributed by atoms with Gasteiger partial charge in [-0.3, -0.25) is 4.21 Å². The molecular formula is C12H18ClN3O2S. The Bertz CT molecular complexity index is 480. The Hall–Kier alpha value is -1.11. The molecule has 0 fully saturated rings. The summed E-state index contributed by atoms with van der Waals surface area (Å²) in [5, 5.41) is 15.3. The van der Waals surface area contributed by atoms with Crippen molar-refractivity contribution in [3.63, 3.8) is 0 Å². The fraction of sp³-hybridized carbons (Fsp3) is 0.417. The number of halogens is 1. The predicted molar refractivity (Wildman–Crippen MR) is 79.2 cm³/mol. The number of nitrogens with zero attached hydrogens (tertiary/aromatic N) is 1. The Balaban J connectivity index is 2.49. The molecule has 0 saturated carbocycles. The molecule has 1 rings (SSSR count). The first-order valence-corrected chi connectivity index (χ1v) is 7.92. The van der Waals surface area contributed by atoms with Crippen molar-refractivity contribution < 1.29 is 9.42 Å². The third-order valence-corrected chi connectivity index (χ3v) is 3.77. The van der Waals surface area contributed by atoms with Gasteiger partial charge in [-0.1, -0.05) is 28.9 Å². The number of rotatable bonds is 7. The summed E-state index contributed by atoms with van der Waals surface area (Å²) in [6, 6.07) is 5.24. The SMILES string of the molecule is CS(=O)CCCNCc1ccc(/C(N)=N/O)cc1Cl. The third-order valence-electron chi connectivity index (χ3n) is 2.56. The van der Waals surface area contributed by atoms with Crippen molar-refractivity contribution in [2.45, 2.75) is 13.0 Å². The highest BCUT2D eigenvalue weighted by molar-refractivity contribution is 7.84. The molecule has 0 radical (unpaired) electrons. The summed E-state index contributed by atoms with van der Waals surface area (Å²) in [6.45, 7) is 1.42. The standard InChI is InChI=1S/C12H18ClN3O2S/c1-19(18)6-2-5-15-8-10-4-3-9(7-11(10)13)12(14)16-17/h3-4,7,15,17H,2,5-6,8H2,1H3,(H2,14,16). The van der Waals surface area contributed by atoms with Crippen LogP contribution in [0.2, 0.25) is 5.02 Å². The van der Waals surface area contributed by atoms with E-state index >= 15 is 0 Å². The van der Waals surface area contributed by atoms with E-state index in [1.165, 1.54) is 0 Å². The maximum absolute atomic E-state index is 10.9. The van der Waals surface area contributed by atoms with Crippen molar-refractivity contribution in [3.8, 4) is 0 Å². The number of hydrogen-bond acceptors (Lipinski definition) is 4. The maximum Gasteiger partial charge on any atom is 0.170 e. The van der Waals surface area contributed by atoms with Gasteiger partial charge in [0.05, 0.1) is 0 Å². The molecule has 5 nitrogen and oxygen atoms in total. The lowest BCUT2D eigenvalue weighted by molar-refractivity contribution is 0.318. The second-order valence-corrected chi connectivity index (χ2v) is 6.06. The van der Waals surface area contributed by atoms with Crippen molar-refractivity contribution in [1.82, 2.24) is 5.32 Å². The zero-order valence-corrected chi connectivity index (χ0v) is 12.3. The lowest BCUT2D eigenvalue weighted by Gasteiger charge is -2.08. The van der Waals surface area contributed by atoms with Gasteiger partial charge in [-0.05, 0) is 24.6 Å². The lowest BCUT2D eigenvalue weighted by atomic mass is 10.1. The minimum atomic E-state index is -0.744.